The maximum Gasteiger partial charge on any atom is 0.408 e. The molecule has 4 aromatic rings. The average molecular weight is 1110 g/mol. The number of rotatable bonds is 23. The number of alkyl carbamates (subject to hydrolysis) is 3. The molecular weight excluding hydrogens is 1030 g/mol. The second-order valence-corrected chi connectivity index (χ2v) is 24.1. The number of nitrogens with one attached hydrogen (secondary N) is 4. The number of amides is 5. The third-order valence-corrected chi connectivity index (χ3v) is 16.5. The Bertz CT molecular complexity index is 2800. The first-order chi connectivity index (χ1) is 37.8. The number of hydrogen-bond acceptors (Lipinski definition) is 13. The van der Waals surface area contributed by atoms with Crippen molar-refractivity contribution in [2.24, 2.45) is 11.8 Å². The molecule has 1 aliphatic carbocycles. The molecule has 19 nitrogen and oxygen atoms in total. The summed E-state index contributed by atoms with van der Waals surface area (Å²) >= 11 is 0. The van der Waals surface area contributed by atoms with Crippen LogP contribution < -0.4 is 21.3 Å². The lowest BCUT2D eigenvalue weighted by Crippen LogP contribution is -2.54. The summed E-state index contributed by atoms with van der Waals surface area (Å²) in [5, 5.41) is 23.0. The van der Waals surface area contributed by atoms with Crippen LogP contribution in [0, 0.1) is 11.8 Å². The number of aliphatic hydroxyl groups excluding tert-OH is 1. The molecule has 0 aromatic heterocycles. The van der Waals surface area contributed by atoms with E-state index in [9.17, 15) is 37.5 Å². The van der Waals surface area contributed by atoms with Crippen molar-refractivity contribution in [1.82, 2.24) is 30.5 Å². The molecule has 3 aliphatic heterocycles. The minimum absolute atomic E-state index is 0.0268. The SMILES string of the molecule is CC(C)CN(C[C@@H](O)[C@H](Cc1ccccc1)NC(=O)O[C@H]1CO[C@H]2OCC[C@H]21)S(=O)(=O)c1ccc(CNC(=O)[C@@H]2CCCN2C(=O)[C@H](CCCCNC(=O)OCC2c3ccccc3-c3ccccc32)NC(=O)OC(C)(C)C)cc1. The normalized spacial score (nSPS) is 19.9. The standard InChI is InChI=1S/C59H76N6O13S/c1-38(2)34-64(35-51(66)49(32-39-16-7-6-8-17-39)63-57(70)77-52-37-75-55-46(52)28-31-74-55)79(72,73)41-26-24-40(25-27-41)33-61-53(67)50-23-15-30-65(50)54(68)48(62-58(71)78-59(3,4)5)22-13-14-29-60-56(69)76-36-47-44-20-11-9-18-42(44)43-19-10-12-21-45(43)47/h6-12,16-21,24-27,38,46-52,55,66H,13-15,22-23,28-37H2,1-5H3,(H,60,69)(H,61,67)(H,62,71)(H,63,70)/t46-,48-,49-,50-,51+,52-,55+/m0/s1. The monoisotopic (exact) mass is 1110 g/mol. The second kappa shape index (κ2) is 26.6. The van der Waals surface area contributed by atoms with Crippen molar-refractivity contribution in [2.45, 2.75) is 139 Å². The number of unbranched alkanes of at least 4 members (excludes halogenated alkanes) is 1. The molecule has 20 heteroatoms. The van der Waals surface area contributed by atoms with Crippen molar-refractivity contribution < 1.29 is 61.2 Å². The number of hydrogen-bond donors (Lipinski definition) is 5. The Balaban J connectivity index is 0.840. The summed E-state index contributed by atoms with van der Waals surface area (Å²) in [6, 6.07) is 28.8. The lowest BCUT2D eigenvalue weighted by atomic mass is 9.98. The Morgan fingerprint density at radius 2 is 1.47 bits per heavy atom. The second-order valence-electron chi connectivity index (χ2n) is 22.2. The van der Waals surface area contributed by atoms with Crippen LogP contribution in [0.4, 0.5) is 14.4 Å². The zero-order chi connectivity index (χ0) is 56.3. The fourth-order valence-corrected chi connectivity index (χ4v) is 12.4. The van der Waals surface area contributed by atoms with Crippen LogP contribution in [0.5, 0.6) is 0 Å². The number of ether oxygens (including phenoxy) is 5. The highest BCUT2D eigenvalue weighted by molar-refractivity contribution is 7.89. The van der Waals surface area contributed by atoms with Gasteiger partial charge in [0.1, 0.15) is 30.4 Å². The van der Waals surface area contributed by atoms with E-state index in [1.807, 2.05) is 68.4 Å². The summed E-state index contributed by atoms with van der Waals surface area (Å²) in [5.41, 5.74) is 5.07. The van der Waals surface area contributed by atoms with Crippen molar-refractivity contribution in [3.63, 3.8) is 0 Å². The minimum Gasteiger partial charge on any atom is -0.449 e. The van der Waals surface area contributed by atoms with Gasteiger partial charge in [0.25, 0.3) is 0 Å². The molecule has 3 saturated heterocycles. The Morgan fingerprint density at radius 1 is 0.785 bits per heavy atom. The van der Waals surface area contributed by atoms with E-state index in [2.05, 4.69) is 45.5 Å². The van der Waals surface area contributed by atoms with Crippen molar-refractivity contribution in [3.05, 3.63) is 125 Å². The zero-order valence-electron chi connectivity index (χ0n) is 45.8. The van der Waals surface area contributed by atoms with Gasteiger partial charge in [-0.1, -0.05) is 105 Å². The molecule has 3 fully saturated rings. The van der Waals surface area contributed by atoms with Gasteiger partial charge in [-0.25, -0.2) is 22.8 Å². The van der Waals surface area contributed by atoms with Crippen LogP contribution in [-0.2, 0) is 56.3 Å². The first-order valence-electron chi connectivity index (χ1n) is 27.5. The maximum absolute atomic E-state index is 14.4. The number of carbonyl (C=O) groups is 5. The van der Waals surface area contributed by atoms with E-state index in [0.29, 0.717) is 50.8 Å². The van der Waals surface area contributed by atoms with Crippen LogP contribution in [-0.4, -0.2) is 141 Å². The molecule has 5 N–H and O–H groups in total. The molecule has 79 heavy (non-hydrogen) atoms. The van der Waals surface area contributed by atoms with Gasteiger partial charge in [-0.15, -0.1) is 0 Å². The Labute approximate surface area is 463 Å². The van der Waals surface area contributed by atoms with E-state index in [-0.39, 0.29) is 74.9 Å². The molecule has 4 aromatic carbocycles. The van der Waals surface area contributed by atoms with Crippen LogP contribution in [0.2, 0.25) is 0 Å². The van der Waals surface area contributed by atoms with E-state index >= 15 is 0 Å². The van der Waals surface area contributed by atoms with Gasteiger partial charge in [-0.3, -0.25) is 9.59 Å². The zero-order valence-corrected chi connectivity index (χ0v) is 46.6. The quantitative estimate of drug-likeness (QED) is 0.0372. The number of nitrogens with zero attached hydrogens (tertiary/aromatic N) is 2. The van der Waals surface area contributed by atoms with Crippen LogP contribution >= 0.6 is 0 Å². The van der Waals surface area contributed by atoms with Crippen molar-refractivity contribution in [3.8, 4) is 11.1 Å². The van der Waals surface area contributed by atoms with Gasteiger partial charge in [0.2, 0.25) is 21.8 Å². The van der Waals surface area contributed by atoms with Gasteiger partial charge in [0, 0.05) is 38.6 Å². The first kappa shape index (κ1) is 58.6. The fourth-order valence-electron chi connectivity index (χ4n) is 10.8. The molecule has 8 rings (SSSR count). The largest absolute Gasteiger partial charge is 0.449 e. The molecule has 0 radical (unpaired) electrons. The Kier molecular flexibility index (Phi) is 19.7. The number of likely N-dealkylation sites (tertiary alicyclic amines) is 1. The summed E-state index contributed by atoms with van der Waals surface area (Å²) in [6.07, 6.45) is -1.38. The number of carbonyl (C=O) groups excluding carboxylic acids is 5. The van der Waals surface area contributed by atoms with Crippen LogP contribution in [0.25, 0.3) is 11.1 Å². The minimum atomic E-state index is -4.19. The molecule has 7 atom stereocenters. The van der Waals surface area contributed by atoms with E-state index < -0.39 is 82.3 Å². The van der Waals surface area contributed by atoms with E-state index in [4.69, 9.17) is 23.7 Å². The highest BCUT2D eigenvalue weighted by Crippen LogP contribution is 2.44. The van der Waals surface area contributed by atoms with Gasteiger partial charge in [-0.2, -0.15) is 4.31 Å². The molecule has 0 saturated carbocycles. The summed E-state index contributed by atoms with van der Waals surface area (Å²) < 4.78 is 58.1. The molecule has 5 amide bonds. The predicted molar refractivity (Wildman–Crippen MR) is 294 cm³/mol. The third kappa shape index (κ3) is 15.4. The molecule has 0 unspecified atom stereocenters. The summed E-state index contributed by atoms with van der Waals surface area (Å²) in [7, 11) is -4.19. The predicted octanol–water partition coefficient (Wildman–Crippen LogP) is 7.00. The van der Waals surface area contributed by atoms with Gasteiger partial charge in [0.15, 0.2) is 6.29 Å². The van der Waals surface area contributed by atoms with Crippen molar-refractivity contribution in [1.29, 1.82) is 0 Å². The fraction of sp³-hybridized carbons (Fsp3) is 0.508. The van der Waals surface area contributed by atoms with E-state index in [0.717, 1.165) is 27.8 Å². The Morgan fingerprint density at radius 3 is 2.15 bits per heavy atom. The van der Waals surface area contributed by atoms with Gasteiger partial charge >= 0.3 is 18.3 Å². The maximum atomic E-state index is 14.4. The summed E-state index contributed by atoms with van der Waals surface area (Å²) in [4.78, 5) is 68.8. The lowest BCUT2D eigenvalue weighted by molar-refractivity contribution is -0.140. The molecule has 4 aliphatic rings. The lowest BCUT2D eigenvalue weighted by Gasteiger charge is -2.31. The first-order valence-corrected chi connectivity index (χ1v) is 29.0. The molecule has 426 valence electrons. The topological polar surface area (TPSA) is 240 Å². The Hall–Kier alpha value is -6.58. The molecule has 0 spiro atoms. The van der Waals surface area contributed by atoms with Gasteiger partial charge in [0.05, 0.1) is 36.2 Å². The summed E-state index contributed by atoms with van der Waals surface area (Å²) in [6.45, 7) is 10.1. The van der Waals surface area contributed by atoms with E-state index in [1.54, 1.807) is 32.9 Å². The van der Waals surface area contributed by atoms with E-state index in [1.165, 1.54) is 21.3 Å². The van der Waals surface area contributed by atoms with Gasteiger partial charge < -0.3 is 55.0 Å². The van der Waals surface area contributed by atoms with Gasteiger partial charge in [-0.05, 0) is 117 Å². The van der Waals surface area contributed by atoms with Crippen molar-refractivity contribution in [2.75, 3.05) is 46.0 Å². The van der Waals surface area contributed by atoms with Crippen LogP contribution in [0.1, 0.15) is 101 Å². The number of benzene rings is 4. The highest BCUT2D eigenvalue weighted by Gasteiger charge is 2.44. The van der Waals surface area contributed by atoms with Crippen molar-refractivity contribution >= 4 is 40.1 Å². The highest BCUT2D eigenvalue weighted by atomic mass is 32.2. The third-order valence-electron chi connectivity index (χ3n) is 14.7. The number of fused-ring (bicyclic) bond motifs is 4. The number of sulfonamides is 1. The molecule has 0 bridgehead atoms. The molecular formula is C59H76N6O13S. The number of aliphatic hydroxyl groups is 1. The van der Waals surface area contributed by atoms with Crippen LogP contribution in [0.15, 0.2) is 108 Å². The summed E-state index contributed by atoms with van der Waals surface area (Å²) in [5.74, 6) is -1.13. The molecule has 3 heterocycles. The average Bonchev–Trinajstić information content (AvgIpc) is 4.46. The smallest absolute Gasteiger partial charge is 0.408 e. The van der Waals surface area contributed by atoms with Crippen LogP contribution in [0.3, 0.4) is 0 Å².